The van der Waals surface area contributed by atoms with Gasteiger partial charge in [0.15, 0.2) is 0 Å². The Morgan fingerprint density at radius 1 is 1.00 bits per heavy atom. The third-order valence-corrected chi connectivity index (χ3v) is 3.35. The van der Waals surface area contributed by atoms with Crippen molar-refractivity contribution in [1.29, 1.82) is 0 Å². The Kier molecular flexibility index (Phi) is 5.10. The van der Waals surface area contributed by atoms with Gasteiger partial charge in [0.1, 0.15) is 0 Å². The molecule has 0 bridgehead atoms. The quantitative estimate of drug-likeness (QED) is 0.844. The first-order chi connectivity index (χ1) is 9.31. The Hall–Kier alpha value is -1.67. The normalized spacial score (nSPS) is 14.0. The van der Waals surface area contributed by atoms with Gasteiger partial charge in [0.25, 0.3) is 0 Å². The average molecular weight is 254 g/mol. The van der Waals surface area contributed by atoms with E-state index in [2.05, 4.69) is 66.6 Å². The molecule has 2 aromatic rings. The lowest BCUT2D eigenvalue weighted by molar-refractivity contribution is 0.468. The standard InChI is InChI=1S/C17H22N2/c1-3-7-14(2)19-17(15-8-5-4-6-9-15)16-10-12-18-13-11-16/h4-6,8-14,17,19H,3,7H2,1-2H3. The fourth-order valence-corrected chi connectivity index (χ4v) is 2.39. The number of hydrogen-bond donors (Lipinski definition) is 1. The summed E-state index contributed by atoms with van der Waals surface area (Å²) in [5.41, 5.74) is 2.57. The lowest BCUT2D eigenvalue weighted by atomic mass is 9.98. The molecule has 1 heterocycles. The molecule has 1 aromatic heterocycles. The van der Waals surface area contributed by atoms with Gasteiger partial charge in [0.05, 0.1) is 6.04 Å². The van der Waals surface area contributed by atoms with Crippen LogP contribution in [0, 0.1) is 0 Å². The number of nitrogens with zero attached hydrogens (tertiary/aromatic N) is 1. The lowest BCUT2D eigenvalue weighted by Crippen LogP contribution is -2.31. The van der Waals surface area contributed by atoms with E-state index < -0.39 is 0 Å². The second-order valence-corrected chi connectivity index (χ2v) is 4.98. The van der Waals surface area contributed by atoms with Crippen LogP contribution < -0.4 is 5.32 Å². The molecule has 0 saturated carbocycles. The predicted octanol–water partition coefficient (Wildman–Crippen LogP) is 3.95. The minimum Gasteiger partial charge on any atom is -0.304 e. The van der Waals surface area contributed by atoms with Crippen molar-refractivity contribution >= 4 is 0 Å². The molecule has 19 heavy (non-hydrogen) atoms. The molecule has 0 aliphatic heterocycles. The van der Waals surface area contributed by atoms with Crippen LogP contribution in [-0.4, -0.2) is 11.0 Å². The van der Waals surface area contributed by atoms with Gasteiger partial charge < -0.3 is 5.32 Å². The van der Waals surface area contributed by atoms with Crippen molar-refractivity contribution in [1.82, 2.24) is 10.3 Å². The lowest BCUT2D eigenvalue weighted by Gasteiger charge is -2.24. The van der Waals surface area contributed by atoms with Crippen LogP contribution in [0.15, 0.2) is 54.9 Å². The fourth-order valence-electron chi connectivity index (χ4n) is 2.39. The highest BCUT2D eigenvalue weighted by Gasteiger charge is 2.15. The summed E-state index contributed by atoms with van der Waals surface area (Å²) in [6.45, 7) is 4.47. The number of benzene rings is 1. The van der Waals surface area contributed by atoms with E-state index in [1.807, 2.05) is 12.4 Å². The van der Waals surface area contributed by atoms with E-state index in [0.717, 1.165) is 0 Å². The van der Waals surface area contributed by atoms with Gasteiger partial charge in [-0.05, 0) is 36.6 Å². The molecule has 0 spiro atoms. The van der Waals surface area contributed by atoms with Gasteiger partial charge in [-0.15, -0.1) is 0 Å². The molecule has 0 amide bonds. The third kappa shape index (κ3) is 3.90. The number of rotatable bonds is 6. The van der Waals surface area contributed by atoms with E-state index in [-0.39, 0.29) is 6.04 Å². The van der Waals surface area contributed by atoms with Crippen LogP contribution in [0.3, 0.4) is 0 Å². The minimum atomic E-state index is 0.241. The van der Waals surface area contributed by atoms with Crippen molar-refractivity contribution in [2.45, 2.75) is 38.8 Å². The molecule has 1 aromatic carbocycles. The molecule has 0 aliphatic carbocycles. The van der Waals surface area contributed by atoms with Crippen LogP contribution in [-0.2, 0) is 0 Å². The molecule has 2 rings (SSSR count). The summed E-state index contributed by atoms with van der Waals surface area (Å²) >= 11 is 0. The van der Waals surface area contributed by atoms with Crippen LogP contribution in [0.2, 0.25) is 0 Å². The largest absolute Gasteiger partial charge is 0.304 e. The van der Waals surface area contributed by atoms with E-state index in [1.54, 1.807) is 0 Å². The third-order valence-electron chi connectivity index (χ3n) is 3.35. The maximum absolute atomic E-state index is 4.11. The Balaban J connectivity index is 2.24. The van der Waals surface area contributed by atoms with Crippen LogP contribution in [0.4, 0.5) is 0 Å². The second-order valence-electron chi connectivity index (χ2n) is 4.98. The molecule has 100 valence electrons. The van der Waals surface area contributed by atoms with E-state index in [1.165, 1.54) is 24.0 Å². The van der Waals surface area contributed by atoms with Crippen LogP contribution in [0.1, 0.15) is 43.9 Å². The van der Waals surface area contributed by atoms with E-state index in [9.17, 15) is 0 Å². The first-order valence-electron chi connectivity index (χ1n) is 7.02. The molecular formula is C17H22N2. The van der Waals surface area contributed by atoms with Crippen molar-refractivity contribution in [3.63, 3.8) is 0 Å². The summed E-state index contributed by atoms with van der Waals surface area (Å²) in [5.74, 6) is 0. The Labute approximate surface area is 115 Å². The average Bonchev–Trinajstić information content (AvgIpc) is 2.47. The summed E-state index contributed by atoms with van der Waals surface area (Å²) in [4.78, 5) is 4.11. The van der Waals surface area contributed by atoms with Crippen LogP contribution in [0.5, 0.6) is 0 Å². The predicted molar refractivity (Wildman–Crippen MR) is 80.0 cm³/mol. The van der Waals surface area contributed by atoms with Crippen LogP contribution in [0.25, 0.3) is 0 Å². The van der Waals surface area contributed by atoms with Gasteiger partial charge in [-0.2, -0.15) is 0 Å². The minimum absolute atomic E-state index is 0.241. The second kappa shape index (κ2) is 7.05. The van der Waals surface area contributed by atoms with Crippen molar-refractivity contribution in [2.75, 3.05) is 0 Å². The SMILES string of the molecule is CCCC(C)NC(c1ccccc1)c1ccncc1. The highest BCUT2D eigenvalue weighted by atomic mass is 14.9. The van der Waals surface area contributed by atoms with Crippen molar-refractivity contribution in [3.8, 4) is 0 Å². The number of pyridine rings is 1. The van der Waals surface area contributed by atoms with E-state index in [0.29, 0.717) is 6.04 Å². The zero-order chi connectivity index (χ0) is 13.5. The molecule has 2 atom stereocenters. The molecule has 0 aliphatic rings. The summed E-state index contributed by atoms with van der Waals surface area (Å²) in [6, 6.07) is 15.5. The Morgan fingerprint density at radius 2 is 1.63 bits per heavy atom. The highest BCUT2D eigenvalue weighted by molar-refractivity contribution is 5.30. The molecule has 2 heteroatoms. The molecule has 0 radical (unpaired) electrons. The van der Waals surface area contributed by atoms with Gasteiger partial charge >= 0.3 is 0 Å². The number of nitrogens with one attached hydrogen (secondary N) is 1. The van der Waals surface area contributed by atoms with Crippen molar-refractivity contribution in [3.05, 3.63) is 66.0 Å². The van der Waals surface area contributed by atoms with E-state index >= 15 is 0 Å². The zero-order valence-electron chi connectivity index (χ0n) is 11.7. The number of aromatic nitrogens is 1. The molecule has 2 unspecified atom stereocenters. The van der Waals surface area contributed by atoms with Gasteiger partial charge in [0, 0.05) is 18.4 Å². The first kappa shape index (κ1) is 13.8. The highest BCUT2D eigenvalue weighted by Crippen LogP contribution is 2.22. The van der Waals surface area contributed by atoms with Gasteiger partial charge in [-0.1, -0.05) is 43.7 Å². The molecule has 0 saturated heterocycles. The van der Waals surface area contributed by atoms with Crippen LogP contribution >= 0.6 is 0 Å². The molecule has 1 N–H and O–H groups in total. The van der Waals surface area contributed by atoms with E-state index in [4.69, 9.17) is 0 Å². The summed E-state index contributed by atoms with van der Waals surface area (Å²) in [6.07, 6.45) is 6.11. The maximum Gasteiger partial charge on any atom is 0.0579 e. The molecular weight excluding hydrogens is 232 g/mol. The molecule has 2 nitrogen and oxygen atoms in total. The monoisotopic (exact) mass is 254 g/mol. The smallest absolute Gasteiger partial charge is 0.0579 e. The fraction of sp³-hybridized carbons (Fsp3) is 0.353. The van der Waals surface area contributed by atoms with Gasteiger partial charge in [0.2, 0.25) is 0 Å². The topological polar surface area (TPSA) is 24.9 Å². The van der Waals surface area contributed by atoms with Crippen molar-refractivity contribution < 1.29 is 0 Å². The molecule has 0 fully saturated rings. The Bertz CT molecular complexity index is 428. The Morgan fingerprint density at radius 3 is 2.26 bits per heavy atom. The van der Waals surface area contributed by atoms with Gasteiger partial charge in [-0.25, -0.2) is 0 Å². The summed E-state index contributed by atoms with van der Waals surface area (Å²) in [7, 11) is 0. The maximum atomic E-state index is 4.11. The first-order valence-corrected chi connectivity index (χ1v) is 7.02. The number of hydrogen-bond acceptors (Lipinski definition) is 2. The summed E-state index contributed by atoms with van der Waals surface area (Å²) < 4.78 is 0. The van der Waals surface area contributed by atoms with Gasteiger partial charge in [-0.3, -0.25) is 4.98 Å². The van der Waals surface area contributed by atoms with Crippen molar-refractivity contribution in [2.24, 2.45) is 0 Å². The zero-order valence-corrected chi connectivity index (χ0v) is 11.7. The summed E-state index contributed by atoms with van der Waals surface area (Å²) in [5, 5.41) is 3.72.